The third-order valence-electron chi connectivity index (χ3n) is 3.91. The Balaban J connectivity index is 1.68. The van der Waals surface area contributed by atoms with Gasteiger partial charge in [-0.1, -0.05) is 17.3 Å². The van der Waals surface area contributed by atoms with Crippen LogP contribution in [0, 0.1) is 6.92 Å². The monoisotopic (exact) mass is 328 g/mol. The predicted octanol–water partition coefficient (Wildman–Crippen LogP) is 2.35. The van der Waals surface area contributed by atoms with Gasteiger partial charge in [0.15, 0.2) is 0 Å². The van der Waals surface area contributed by atoms with E-state index in [2.05, 4.69) is 15.6 Å². The molecule has 2 aromatic rings. The fourth-order valence-electron chi connectivity index (χ4n) is 2.58. The zero-order valence-electron chi connectivity index (χ0n) is 13.9. The van der Waals surface area contributed by atoms with Gasteiger partial charge in [-0.25, -0.2) is 0 Å². The molecule has 0 aliphatic carbocycles. The number of aromatic nitrogens is 2. The summed E-state index contributed by atoms with van der Waals surface area (Å²) in [5, 5.41) is 11.2. The third-order valence-corrected chi connectivity index (χ3v) is 3.91. The Morgan fingerprint density at radius 3 is 2.96 bits per heavy atom. The summed E-state index contributed by atoms with van der Waals surface area (Å²) >= 11 is 0. The second-order valence-corrected chi connectivity index (χ2v) is 5.51. The second kappa shape index (κ2) is 6.74. The van der Waals surface area contributed by atoms with E-state index < -0.39 is 6.10 Å². The van der Waals surface area contributed by atoms with E-state index in [0.717, 1.165) is 17.8 Å². The Labute approximate surface area is 140 Å². The number of benzene rings is 1. The number of amides is 1. The van der Waals surface area contributed by atoms with Crippen LogP contribution < -0.4 is 10.1 Å². The number of carbonyl (C=O) groups excluding carboxylic acids is 1. The van der Waals surface area contributed by atoms with E-state index in [4.69, 9.17) is 9.57 Å². The number of carbonyl (C=O) groups is 1. The molecular weight excluding hydrogens is 308 g/mol. The van der Waals surface area contributed by atoms with Crippen LogP contribution in [0.1, 0.15) is 24.6 Å². The smallest absolute Gasteiger partial charge is 0.268 e. The molecule has 1 aromatic carbocycles. The van der Waals surface area contributed by atoms with E-state index in [1.54, 1.807) is 11.8 Å². The largest absolute Gasteiger partial charge is 0.496 e. The molecule has 1 unspecified atom stereocenters. The van der Waals surface area contributed by atoms with Crippen LogP contribution in [0.3, 0.4) is 0 Å². The number of nitrogens with zero attached hydrogens (tertiary/aromatic N) is 3. The number of ether oxygens (including phenoxy) is 1. The molecule has 1 N–H and O–H groups in total. The van der Waals surface area contributed by atoms with Crippen LogP contribution in [-0.4, -0.2) is 34.6 Å². The highest BCUT2D eigenvalue weighted by Gasteiger charge is 2.30. The van der Waals surface area contributed by atoms with Gasteiger partial charge in [-0.3, -0.25) is 9.48 Å². The van der Waals surface area contributed by atoms with Gasteiger partial charge >= 0.3 is 0 Å². The molecule has 7 heteroatoms. The molecule has 3 rings (SSSR count). The minimum atomic E-state index is -0.658. The van der Waals surface area contributed by atoms with Gasteiger partial charge in [-0.05, 0) is 26.0 Å². The zero-order chi connectivity index (χ0) is 17.1. The van der Waals surface area contributed by atoms with Crippen molar-refractivity contribution in [2.24, 2.45) is 5.16 Å². The van der Waals surface area contributed by atoms with Crippen LogP contribution in [-0.2, 0) is 16.2 Å². The lowest BCUT2D eigenvalue weighted by Gasteiger charge is -2.09. The van der Waals surface area contributed by atoms with Gasteiger partial charge in [0.1, 0.15) is 5.75 Å². The van der Waals surface area contributed by atoms with Crippen molar-refractivity contribution >= 4 is 17.3 Å². The molecule has 1 atom stereocenters. The van der Waals surface area contributed by atoms with Gasteiger partial charge in [0.25, 0.3) is 5.91 Å². The number of anilines is 1. The third kappa shape index (κ3) is 3.10. The fourth-order valence-corrected chi connectivity index (χ4v) is 2.58. The molecule has 0 spiro atoms. The Bertz CT molecular complexity index is 782. The molecular formula is C17H20N4O3. The molecule has 126 valence electrons. The molecule has 7 nitrogen and oxygen atoms in total. The Morgan fingerprint density at radius 1 is 1.46 bits per heavy atom. The molecule has 1 aliphatic heterocycles. The summed E-state index contributed by atoms with van der Waals surface area (Å²) in [6, 6.07) is 7.54. The minimum Gasteiger partial charge on any atom is -0.496 e. The summed E-state index contributed by atoms with van der Waals surface area (Å²) in [6.07, 6.45) is 1.55. The first kappa shape index (κ1) is 16.0. The van der Waals surface area contributed by atoms with E-state index in [-0.39, 0.29) is 5.91 Å². The Kier molecular flexibility index (Phi) is 4.50. The Hall–Kier alpha value is -2.83. The van der Waals surface area contributed by atoms with E-state index in [9.17, 15) is 4.79 Å². The minimum absolute atomic E-state index is 0.234. The first-order valence-corrected chi connectivity index (χ1v) is 7.83. The summed E-state index contributed by atoms with van der Waals surface area (Å²) in [5.74, 6) is 0.475. The standard InChI is InChI=1S/C17H20N4O3/c1-4-21-10-14(11(2)19-21)18-17(22)16-9-13(20-24-16)12-7-5-6-8-15(12)23-3/h5-8,10,16H,4,9H2,1-3H3,(H,18,22). The van der Waals surface area contributed by atoms with Crippen LogP contribution in [0.15, 0.2) is 35.6 Å². The number of rotatable bonds is 5. The lowest BCUT2D eigenvalue weighted by Crippen LogP contribution is -2.28. The molecule has 1 aliphatic rings. The van der Waals surface area contributed by atoms with Crippen molar-refractivity contribution in [3.63, 3.8) is 0 Å². The van der Waals surface area contributed by atoms with Crippen LogP contribution in [0.5, 0.6) is 5.75 Å². The summed E-state index contributed by atoms with van der Waals surface area (Å²) in [6.45, 7) is 4.59. The maximum Gasteiger partial charge on any atom is 0.268 e. The summed E-state index contributed by atoms with van der Waals surface area (Å²) < 4.78 is 7.11. The van der Waals surface area contributed by atoms with E-state index in [1.165, 1.54) is 0 Å². The molecule has 0 saturated carbocycles. The first-order valence-electron chi connectivity index (χ1n) is 7.83. The van der Waals surface area contributed by atoms with Gasteiger partial charge in [-0.15, -0.1) is 0 Å². The van der Waals surface area contributed by atoms with Crippen molar-refractivity contribution in [2.75, 3.05) is 12.4 Å². The molecule has 1 amide bonds. The number of hydrogen-bond donors (Lipinski definition) is 1. The SMILES string of the molecule is CCn1cc(NC(=O)C2CC(c3ccccc3OC)=NO2)c(C)n1. The predicted molar refractivity (Wildman–Crippen MR) is 90.3 cm³/mol. The molecule has 24 heavy (non-hydrogen) atoms. The Morgan fingerprint density at radius 2 is 2.25 bits per heavy atom. The number of hydrogen-bond acceptors (Lipinski definition) is 5. The molecule has 1 aromatic heterocycles. The summed E-state index contributed by atoms with van der Waals surface area (Å²) in [5.41, 5.74) is 3.00. The molecule has 0 bridgehead atoms. The zero-order valence-corrected chi connectivity index (χ0v) is 13.9. The highest BCUT2D eigenvalue weighted by atomic mass is 16.6. The molecule has 2 heterocycles. The molecule has 0 saturated heterocycles. The lowest BCUT2D eigenvalue weighted by molar-refractivity contribution is -0.125. The van der Waals surface area contributed by atoms with Crippen molar-refractivity contribution < 1.29 is 14.4 Å². The molecule has 0 fully saturated rings. The number of methoxy groups -OCH3 is 1. The number of aryl methyl sites for hydroxylation is 2. The number of para-hydroxylation sites is 1. The highest BCUT2D eigenvalue weighted by molar-refractivity contribution is 6.07. The van der Waals surface area contributed by atoms with Gasteiger partial charge in [0.2, 0.25) is 6.10 Å². The van der Waals surface area contributed by atoms with Crippen molar-refractivity contribution in [3.8, 4) is 5.75 Å². The maximum absolute atomic E-state index is 12.4. The normalized spacial score (nSPS) is 16.5. The van der Waals surface area contributed by atoms with E-state index in [0.29, 0.717) is 23.6 Å². The number of oxime groups is 1. The van der Waals surface area contributed by atoms with Gasteiger partial charge < -0.3 is 14.9 Å². The van der Waals surface area contributed by atoms with Crippen molar-refractivity contribution in [2.45, 2.75) is 32.9 Å². The van der Waals surface area contributed by atoms with Crippen LogP contribution in [0.2, 0.25) is 0 Å². The average Bonchev–Trinajstić information content (AvgIpc) is 3.22. The lowest BCUT2D eigenvalue weighted by atomic mass is 10.0. The quantitative estimate of drug-likeness (QED) is 0.914. The van der Waals surface area contributed by atoms with E-state index >= 15 is 0 Å². The maximum atomic E-state index is 12.4. The van der Waals surface area contributed by atoms with Crippen molar-refractivity contribution in [3.05, 3.63) is 41.7 Å². The summed E-state index contributed by atoms with van der Waals surface area (Å²) in [7, 11) is 1.60. The summed E-state index contributed by atoms with van der Waals surface area (Å²) in [4.78, 5) is 17.7. The number of nitrogens with one attached hydrogen (secondary N) is 1. The van der Waals surface area contributed by atoms with Gasteiger partial charge in [0, 0.05) is 24.7 Å². The molecule has 0 radical (unpaired) electrons. The second-order valence-electron chi connectivity index (χ2n) is 5.51. The highest BCUT2D eigenvalue weighted by Crippen LogP contribution is 2.25. The topological polar surface area (TPSA) is 77.7 Å². The van der Waals surface area contributed by atoms with Gasteiger partial charge in [0.05, 0.1) is 24.2 Å². The average molecular weight is 328 g/mol. The van der Waals surface area contributed by atoms with Crippen LogP contribution >= 0.6 is 0 Å². The van der Waals surface area contributed by atoms with E-state index in [1.807, 2.05) is 44.3 Å². The van der Waals surface area contributed by atoms with Gasteiger partial charge in [-0.2, -0.15) is 5.10 Å². The van der Waals surface area contributed by atoms with Crippen molar-refractivity contribution in [1.29, 1.82) is 0 Å². The fraction of sp³-hybridized carbons (Fsp3) is 0.353. The first-order chi connectivity index (χ1) is 11.6. The van der Waals surface area contributed by atoms with Crippen molar-refractivity contribution in [1.82, 2.24) is 9.78 Å². The van der Waals surface area contributed by atoms with Crippen LogP contribution in [0.4, 0.5) is 5.69 Å². The van der Waals surface area contributed by atoms with Crippen LogP contribution in [0.25, 0.3) is 0 Å².